The van der Waals surface area contributed by atoms with E-state index in [1.54, 1.807) is 7.05 Å². The van der Waals surface area contributed by atoms with Gasteiger partial charge in [0.05, 0.1) is 6.54 Å². The predicted octanol–water partition coefficient (Wildman–Crippen LogP) is 0.608. The minimum absolute atomic E-state index is 0. The number of aliphatic imine (C=N–C) groups is 1. The van der Waals surface area contributed by atoms with Crippen LogP contribution in [0.3, 0.4) is 0 Å². The Morgan fingerprint density at radius 2 is 2.14 bits per heavy atom. The fourth-order valence-corrected chi connectivity index (χ4v) is 3.49. The summed E-state index contributed by atoms with van der Waals surface area (Å²) in [6.45, 7) is 3.15. The lowest BCUT2D eigenvalue weighted by atomic mass is 9.68. The molecule has 3 rings (SSSR count). The highest BCUT2D eigenvalue weighted by Gasteiger charge is 2.43. The molecule has 8 heteroatoms. The van der Waals surface area contributed by atoms with E-state index in [9.17, 15) is 9.59 Å². The van der Waals surface area contributed by atoms with Crippen molar-refractivity contribution in [2.75, 3.05) is 39.8 Å². The van der Waals surface area contributed by atoms with Crippen LogP contribution in [0.1, 0.15) is 25.7 Å². The monoisotopic (exact) mass is 421 g/mol. The number of nitrogens with one attached hydrogen (secondary N) is 2. The fraction of sp³-hybridized carbons (Fsp3) is 0.786. The molecule has 0 aromatic heterocycles. The predicted molar refractivity (Wildman–Crippen MR) is 94.4 cm³/mol. The van der Waals surface area contributed by atoms with Crippen molar-refractivity contribution < 1.29 is 9.59 Å². The lowest BCUT2D eigenvalue weighted by Crippen LogP contribution is -2.45. The zero-order valence-electron chi connectivity index (χ0n) is 12.9. The number of hydrogen-bond donors (Lipinski definition) is 2. The number of imide groups is 1. The molecule has 0 atom stereocenters. The van der Waals surface area contributed by atoms with Crippen molar-refractivity contribution in [3.8, 4) is 0 Å². The average molecular weight is 421 g/mol. The van der Waals surface area contributed by atoms with Crippen LogP contribution in [0.2, 0.25) is 0 Å². The second kappa shape index (κ2) is 7.01. The van der Waals surface area contributed by atoms with E-state index in [-0.39, 0.29) is 42.5 Å². The van der Waals surface area contributed by atoms with Crippen molar-refractivity contribution >= 4 is 41.9 Å². The Hall–Kier alpha value is -1.06. The third-order valence-electron chi connectivity index (χ3n) is 4.92. The highest BCUT2D eigenvalue weighted by Crippen LogP contribution is 2.47. The van der Waals surface area contributed by atoms with Gasteiger partial charge in [-0.3, -0.25) is 14.7 Å². The van der Waals surface area contributed by atoms with Crippen molar-refractivity contribution in [3.05, 3.63) is 0 Å². The van der Waals surface area contributed by atoms with Crippen LogP contribution < -0.4 is 10.6 Å². The van der Waals surface area contributed by atoms with Gasteiger partial charge in [0.2, 0.25) is 5.91 Å². The van der Waals surface area contributed by atoms with Gasteiger partial charge >= 0.3 is 6.03 Å². The quantitative estimate of drug-likeness (QED) is 0.303. The van der Waals surface area contributed by atoms with E-state index in [1.807, 2.05) is 0 Å². The molecule has 3 amide bonds. The molecule has 3 aliphatic rings. The molecule has 1 spiro atoms. The zero-order valence-corrected chi connectivity index (χ0v) is 15.3. The van der Waals surface area contributed by atoms with Crippen LogP contribution in [-0.2, 0) is 4.79 Å². The van der Waals surface area contributed by atoms with Gasteiger partial charge in [-0.2, -0.15) is 0 Å². The number of rotatable bonds is 3. The average Bonchev–Trinajstić information content (AvgIpc) is 3.01. The lowest BCUT2D eigenvalue weighted by molar-refractivity contribution is -0.124. The number of halogens is 1. The van der Waals surface area contributed by atoms with Gasteiger partial charge in [-0.25, -0.2) is 4.79 Å². The first-order chi connectivity index (χ1) is 10.1. The van der Waals surface area contributed by atoms with Crippen LogP contribution in [0.4, 0.5) is 4.79 Å². The number of carbonyl (C=O) groups is 2. The number of guanidine groups is 1. The summed E-state index contributed by atoms with van der Waals surface area (Å²) in [5.74, 6) is 0.720. The zero-order chi connectivity index (χ0) is 14.9. The van der Waals surface area contributed by atoms with Gasteiger partial charge in [-0.15, -0.1) is 24.0 Å². The molecule has 0 aromatic carbocycles. The minimum atomic E-state index is -0.300. The van der Waals surface area contributed by atoms with Gasteiger partial charge in [0, 0.05) is 33.2 Å². The third kappa shape index (κ3) is 3.31. The molecule has 1 saturated carbocycles. The fourth-order valence-electron chi connectivity index (χ4n) is 3.49. The first-order valence-corrected chi connectivity index (χ1v) is 7.67. The van der Waals surface area contributed by atoms with Crippen molar-refractivity contribution in [1.82, 2.24) is 20.4 Å². The summed E-state index contributed by atoms with van der Waals surface area (Å²) < 4.78 is 0. The number of likely N-dealkylation sites (tertiary alicyclic amines) is 1. The first kappa shape index (κ1) is 17.3. The Morgan fingerprint density at radius 1 is 1.36 bits per heavy atom. The smallest absolute Gasteiger partial charge is 0.324 e. The molecule has 124 valence electrons. The Labute approximate surface area is 147 Å². The SMILES string of the molecule is CN=C(NCCN1C(=O)CNC1=O)N1CCC2(CCC2)C1.I. The number of urea groups is 1. The van der Waals surface area contributed by atoms with E-state index in [1.165, 1.54) is 30.6 Å². The molecule has 22 heavy (non-hydrogen) atoms. The van der Waals surface area contributed by atoms with E-state index >= 15 is 0 Å². The lowest BCUT2D eigenvalue weighted by Gasteiger charge is -2.38. The Balaban J connectivity index is 0.00000176. The summed E-state index contributed by atoms with van der Waals surface area (Å²) in [6, 6.07) is -0.300. The normalized spacial score (nSPS) is 23.4. The summed E-state index contributed by atoms with van der Waals surface area (Å²) in [5.41, 5.74) is 0.530. The molecule has 2 heterocycles. The molecule has 0 aromatic rings. The molecule has 0 unspecified atom stereocenters. The van der Waals surface area contributed by atoms with Gasteiger partial charge in [-0.05, 0) is 24.7 Å². The molecular formula is C14H24IN5O2. The summed E-state index contributed by atoms with van der Waals surface area (Å²) in [7, 11) is 1.78. The summed E-state index contributed by atoms with van der Waals surface area (Å²) in [4.78, 5) is 30.8. The number of nitrogens with zero attached hydrogens (tertiary/aromatic N) is 3. The second-order valence-electron chi connectivity index (χ2n) is 6.20. The van der Waals surface area contributed by atoms with Crippen LogP contribution in [0.5, 0.6) is 0 Å². The van der Waals surface area contributed by atoms with Crippen LogP contribution in [0.15, 0.2) is 4.99 Å². The van der Waals surface area contributed by atoms with Crippen LogP contribution in [0.25, 0.3) is 0 Å². The van der Waals surface area contributed by atoms with E-state index in [0.717, 1.165) is 19.0 Å². The molecule has 0 radical (unpaired) electrons. The van der Waals surface area contributed by atoms with Gasteiger partial charge in [0.15, 0.2) is 5.96 Å². The third-order valence-corrected chi connectivity index (χ3v) is 4.92. The summed E-state index contributed by atoms with van der Waals surface area (Å²) in [5, 5.41) is 5.79. The molecule has 0 bridgehead atoms. The molecular weight excluding hydrogens is 397 g/mol. The number of carbonyl (C=O) groups excluding carboxylic acids is 2. The number of hydrogen-bond acceptors (Lipinski definition) is 3. The Morgan fingerprint density at radius 3 is 2.64 bits per heavy atom. The minimum Gasteiger partial charge on any atom is -0.354 e. The van der Waals surface area contributed by atoms with Gasteiger partial charge < -0.3 is 15.5 Å². The maximum Gasteiger partial charge on any atom is 0.324 e. The maximum absolute atomic E-state index is 11.5. The molecule has 2 N–H and O–H groups in total. The molecule has 2 saturated heterocycles. The Bertz CT molecular complexity index is 462. The van der Waals surface area contributed by atoms with Crippen molar-refractivity contribution in [1.29, 1.82) is 0 Å². The van der Waals surface area contributed by atoms with E-state index < -0.39 is 0 Å². The first-order valence-electron chi connectivity index (χ1n) is 7.67. The van der Waals surface area contributed by atoms with Crippen molar-refractivity contribution in [2.24, 2.45) is 10.4 Å². The Kier molecular flexibility index (Phi) is 5.51. The molecule has 2 aliphatic heterocycles. The largest absolute Gasteiger partial charge is 0.354 e. The van der Waals surface area contributed by atoms with Crippen LogP contribution in [0, 0.1) is 5.41 Å². The summed E-state index contributed by atoms with van der Waals surface area (Å²) in [6.07, 6.45) is 5.28. The second-order valence-corrected chi connectivity index (χ2v) is 6.20. The maximum atomic E-state index is 11.5. The molecule has 3 fully saturated rings. The summed E-state index contributed by atoms with van der Waals surface area (Å²) >= 11 is 0. The topological polar surface area (TPSA) is 77.0 Å². The van der Waals surface area contributed by atoms with E-state index in [4.69, 9.17) is 0 Å². The standard InChI is InChI=1S/C14H23N5O2.HI/c1-15-12(18-7-5-14(10-18)3-2-4-14)16-6-8-19-11(20)9-17-13(19)21;/h2-10H2,1H3,(H,15,16)(H,17,21);1H. The highest BCUT2D eigenvalue weighted by atomic mass is 127. The van der Waals surface area contributed by atoms with Crippen molar-refractivity contribution in [3.63, 3.8) is 0 Å². The molecule has 1 aliphatic carbocycles. The van der Waals surface area contributed by atoms with Gasteiger partial charge in [0.25, 0.3) is 0 Å². The van der Waals surface area contributed by atoms with E-state index in [2.05, 4.69) is 20.5 Å². The highest BCUT2D eigenvalue weighted by molar-refractivity contribution is 14.0. The van der Waals surface area contributed by atoms with Gasteiger partial charge in [-0.1, -0.05) is 6.42 Å². The van der Waals surface area contributed by atoms with Crippen molar-refractivity contribution in [2.45, 2.75) is 25.7 Å². The van der Waals surface area contributed by atoms with Crippen LogP contribution >= 0.6 is 24.0 Å². The van der Waals surface area contributed by atoms with Crippen LogP contribution in [-0.4, -0.2) is 67.5 Å². The van der Waals surface area contributed by atoms with Gasteiger partial charge in [0.1, 0.15) is 0 Å². The molecule has 7 nitrogen and oxygen atoms in total. The van der Waals surface area contributed by atoms with E-state index in [0.29, 0.717) is 18.5 Å². The number of amides is 3.